The Morgan fingerprint density at radius 2 is 1.88 bits per heavy atom. The van der Waals surface area contributed by atoms with Gasteiger partial charge in [0, 0.05) is 0 Å². The number of nitrogens with zero attached hydrogens (tertiary/aromatic N) is 2. The van der Waals surface area contributed by atoms with Crippen LogP contribution in [0, 0.1) is 5.82 Å². The highest BCUT2D eigenvalue weighted by atomic mass is 19.1. The van der Waals surface area contributed by atoms with Gasteiger partial charge in [0.2, 0.25) is 0 Å². The van der Waals surface area contributed by atoms with E-state index in [1.807, 2.05) is 18.2 Å². The normalized spacial score (nSPS) is 10.6. The molecule has 3 rings (SSSR count). The van der Waals surface area contributed by atoms with Crippen molar-refractivity contribution in [3.05, 3.63) is 60.7 Å². The molecule has 3 aromatic rings. The Hall–Kier alpha value is -2.36. The summed E-state index contributed by atoms with van der Waals surface area (Å²) in [7, 11) is 0. The molecular weight excluding hydrogens is 219 g/mol. The molecule has 84 valence electrons. The van der Waals surface area contributed by atoms with Crippen molar-refractivity contribution in [1.29, 1.82) is 0 Å². The maximum absolute atomic E-state index is 12.9. The van der Waals surface area contributed by atoms with Gasteiger partial charge in [0.25, 0.3) is 0 Å². The van der Waals surface area contributed by atoms with Crippen molar-refractivity contribution in [3.8, 4) is 17.1 Å². The second-order valence-electron chi connectivity index (χ2n) is 3.58. The molecule has 0 aliphatic rings. The third-order valence-electron chi connectivity index (χ3n) is 2.49. The number of furan rings is 1. The van der Waals surface area contributed by atoms with Gasteiger partial charge in [-0.15, -0.1) is 0 Å². The minimum atomic E-state index is -0.263. The fraction of sp³-hybridized carbons (Fsp3) is 0. The van der Waals surface area contributed by atoms with Gasteiger partial charge in [-0.3, -0.25) is 0 Å². The van der Waals surface area contributed by atoms with Crippen LogP contribution in [0.2, 0.25) is 0 Å². The second kappa shape index (κ2) is 3.90. The van der Waals surface area contributed by atoms with Crippen LogP contribution in [0.5, 0.6) is 0 Å². The Morgan fingerprint density at radius 1 is 1.06 bits per heavy atom. The van der Waals surface area contributed by atoms with Crippen LogP contribution >= 0.6 is 0 Å². The second-order valence-corrected chi connectivity index (χ2v) is 3.58. The lowest BCUT2D eigenvalue weighted by molar-refractivity contribution is 0.576. The highest BCUT2D eigenvalue weighted by molar-refractivity contribution is 5.55. The van der Waals surface area contributed by atoms with Gasteiger partial charge in [0.05, 0.1) is 18.1 Å². The van der Waals surface area contributed by atoms with Crippen LogP contribution in [0.25, 0.3) is 17.1 Å². The standard InChI is InChI=1S/C13H9FN2O/c14-10-3-5-11(6-4-10)16-12(7-8-15-16)13-2-1-9-17-13/h1-9H. The monoisotopic (exact) mass is 228 g/mol. The molecule has 3 nitrogen and oxygen atoms in total. The molecule has 0 aliphatic heterocycles. The molecule has 0 amide bonds. The summed E-state index contributed by atoms with van der Waals surface area (Å²) in [4.78, 5) is 0. The molecule has 0 aliphatic carbocycles. The van der Waals surface area contributed by atoms with Crippen LogP contribution in [0.1, 0.15) is 0 Å². The van der Waals surface area contributed by atoms with Crippen molar-refractivity contribution in [1.82, 2.24) is 9.78 Å². The van der Waals surface area contributed by atoms with E-state index in [1.165, 1.54) is 12.1 Å². The van der Waals surface area contributed by atoms with Crippen molar-refractivity contribution in [2.45, 2.75) is 0 Å². The maximum atomic E-state index is 12.9. The number of rotatable bonds is 2. The molecule has 2 heterocycles. The largest absolute Gasteiger partial charge is 0.463 e. The molecule has 4 heteroatoms. The first kappa shape index (κ1) is 9.84. The van der Waals surface area contributed by atoms with Gasteiger partial charge in [-0.2, -0.15) is 5.10 Å². The molecule has 0 unspecified atom stereocenters. The summed E-state index contributed by atoms with van der Waals surface area (Å²) in [6, 6.07) is 11.7. The summed E-state index contributed by atoms with van der Waals surface area (Å²) in [6.45, 7) is 0. The quantitative estimate of drug-likeness (QED) is 0.674. The van der Waals surface area contributed by atoms with Gasteiger partial charge < -0.3 is 4.42 Å². The summed E-state index contributed by atoms with van der Waals surface area (Å²) in [5.74, 6) is 0.465. The summed E-state index contributed by atoms with van der Waals surface area (Å²) in [6.07, 6.45) is 3.29. The van der Waals surface area contributed by atoms with E-state index in [0.29, 0.717) is 0 Å². The summed E-state index contributed by atoms with van der Waals surface area (Å²) in [5.41, 5.74) is 1.63. The Kier molecular flexibility index (Phi) is 2.26. The van der Waals surface area contributed by atoms with Gasteiger partial charge in [0.1, 0.15) is 11.5 Å². The fourth-order valence-electron chi connectivity index (χ4n) is 1.70. The van der Waals surface area contributed by atoms with Crippen LogP contribution in [-0.2, 0) is 0 Å². The number of aromatic nitrogens is 2. The molecule has 0 N–H and O–H groups in total. The zero-order valence-electron chi connectivity index (χ0n) is 8.88. The first-order chi connectivity index (χ1) is 8.34. The Bertz CT molecular complexity index is 611. The highest BCUT2D eigenvalue weighted by Gasteiger charge is 2.09. The molecule has 0 radical (unpaired) electrons. The molecule has 0 bridgehead atoms. The average molecular weight is 228 g/mol. The van der Waals surface area contributed by atoms with Gasteiger partial charge in [0.15, 0.2) is 5.76 Å². The lowest BCUT2D eigenvalue weighted by Crippen LogP contribution is -1.98. The number of hydrogen-bond acceptors (Lipinski definition) is 2. The van der Waals surface area contributed by atoms with E-state index in [2.05, 4.69) is 5.10 Å². The average Bonchev–Trinajstić information content (AvgIpc) is 3.00. The van der Waals surface area contributed by atoms with Crippen molar-refractivity contribution < 1.29 is 8.81 Å². The van der Waals surface area contributed by atoms with Crippen LogP contribution < -0.4 is 0 Å². The van der Waals surface area contributed by atoms with Gasteiger partial charge in [-0.1, -0.05) is 0 Å². The molecular formula is C13H9FN2O. The molecule has 0 atom stereocenters. The lowest BCUT2D eigenvalue weighted by atomic mass is 10.3. The van der Waals surface area contributed by atoms with Crippen LogP contribution in [-0.4, -0.2) is 9.78 Å². The van der Waals surface area contributed by atoms with Gasteiger partial charge in [-0.05, 0) is 42.5 Å². The lowest BCUT2D eigenvalue weighted by Gasteiger charge is -2.05. The maximum Gasteiger partial charge on any atom is 0.152 e. The van der Waals surface area contributed by atoms with E-state index < -0.39 is 0 Å². The Labute approximate surface area is 97.1 Å². The zero-order valence-corrected chi connectivity index (χ0v) is 8.88. The molecule has 0 saturated carbocycles. The molecule has 0 fully saturated rings. The van der Waals surface area contributed by atoms with Crippen molar-refractivity contribution in [2.75, 3.05) is 0 Å². The zero-order chi connectivity index (χ0) is 11.7. The number of benzene rings is 1. The minimum Gasteiger partial charge on any atom is -0.463 e. The fourth-order valence-corrected chi connectivity index (χ4v) is 1.70. The van der Waals surface area contributed by atoms with E-state index in [1.54, 1.807) is 29.3 Å². The number of halogens is 1. The first-order valence-electron chi connectivity index (χ1n) is 5.18. The minimum absolute atomic E-state index is 0.263. The van der Waals surface area contributed by atoms with Crippen LogP contribution in [0.3, 0.4) is 0 Å². The number of hydrogen-bond donors (Lipinski definition) is 0. The summed E-state index contributed by atoms with van der Waals surface area (Å²) >= 11 is 0. The molecule has 17 heavy (non-hydrogen) atoms. The SMILES string of the molecule is Fc1ccc(-n2nccc2-c2ccco2)cc1. The molecule has 2 aromatic heterocycles. The predicted molar refractivity (Wildman–Crippen MR) is 61.2 cm³/mol. The van der Waals surface area contributed by atoms with E-state index >= 15 is 0 Å². The van der Waals surface area contributed by atoms with Crippen LogP contribution in [0.15, 0.2) is 59.3 Å². The molecule has 0 spiro atoms. The van der Waals surface area contributed by atoms with E-state index in [9.17, 15) is 4.39 Å². The Balaban J connectivity index is 2.10. The predicted octanol–water partition coefficient (Wildman–Crippen LogP) is 3.27. The van der Waals surface area contributed by atoms with Crippen molar-refractivity contribution in [2.24, 2.45) is 0 Å². The smallest absolute Gasteiger partial charge is 0.152 e. The first-order valence-corrected chi connectivity index (χ1v) is 5.18. The van der Waals surface area contributed by atoms with E-state index in [-0.39, 0.29) is 5.82 Å². The van der Waals surface area contributed by atoms with Crippen LogP contribution in [0.4, 0.5) is 4.39 Å². The summed E-state index contributed by atoms with van der Waals surface area (Å²) in [5, 5.41) is 4.21. The van der Waals surface area contributed by atoms with Crippen molar-refractivity contribution in [3.63, 3.8) is 0 Å². The third kappa shape index (κ3) is 1.73. The van der Waals surface area contributed by atoms with Crippen molar-refractivity contribution >= 4 is 0 Å². The Morgan fingerprint density at radius 3 is 2.59 bits per heavy atom. The molecule has 0 saturated heterocycles. The van der Waals surface area contributed by atoms with Gasteiger partial charge in [-0.25, -0.2) is 9.07 Å². The topological polar surface area (TPSA) is 31.0 Å². The third-order valence-corrected chi connectivity index (χ3v) is 2.49. The van der Waals surface area contributed by atoms with Gasteiger partial charge >= 0.3 is 0 Å². The highest BCUT2D eigenvalue weighted by Crippen LogP contribution is 2.22. The van der Waals surface area contributed by atoms with E-state index in [4.69, 9.17) is 4.42 Å². The molecule has 1 aromatic carbocycles. The van der Waals surface area contributed by atoms with E-state index in [0.717, 1.165) is 17.1 Å². The summed E-state index contributed by atoms with van der Waals surface area (Å²) < 4.78 is 19.9.